The molecule has 3 rings (SSSR count). The molecule has 2 N–H and O–H groups in total. The number of primary amides is 1. The Kier molecular flexibility index (Phi) is 4.28. The van der Waals surface area contributed by atoms with Crippen LogP contribution in [0.15, 0.2) is 29.2 Å². The number of ether oxygens (including phenoxy) is 3. The zero-order valence-corrected chi connectivity index (χ0v) is 13.2. The van der Waals surface area contributed by atoms with Crippen LogP contribution in [0.4, 0.5) is 4.79 Å². The van der Waals surface area contributed by atoms with Gasteiger partial charge in [-0.25, -0.2) is 4.79 Å². The third-order valence-corrected chi connectivity index (χ3v) is 5.04. The predicted octanol–water partition coefficient (Wildman–Crippen LogP) is 0.678. The molecule has 2 aliphatic heterocycles. The van der Waals surface area contributed by atoms with Crippen molar-refractivity contribution in [2.24, 2.45) is 5.73 Å². The first-order chi connectivity index (χ1) is 10.8. The normalized spacial score (nSPS) is 30.1. The average Bonchev–Trinajstić information content (AvgIpc) is 2.86. The van der Waals surface area contributed by atoms with E-state index in [1.54, 1.807) is 12.1 Å². The highest BCUT2D eigenvalue weighted by Crippen LogP contribution is 2.33. The first-order valence-corrected chi connectivity index (χ1v) is 8.49. The smallest absolute Gasteiger partial charge is 0.404 e. The summed E-state index contributed by atoms with van der Waals surface area (Å²) in [6.07, 6.45) is -3.89. The Morgan fingerprint density at radius 1 is 1.30 bits per heavy atom. The van der Waals surface area contributed by atoms with Gasteiger partial charge in [-0.2, -0.15) is 8.42 Å². The number of hydrogen-bond acceptors (Lipinski definition) is 7. The van der Waals surface area contributed by atoms with Crippen LogP contribution in [0.25, 0.3) is 0 Å². The zero-order chi connectivity index (χ0) is 16.6. The quantitative estimate of drug-likeness (QED) is 0.799. The second-order valence-corrected chi connectivity index (χ2v) is 7.07. The lowest BCUT2D eigenvalue weighted by Crippen LogP contribution is -2.49. The van der Waals surface area contributed by atoms with E-state index >= 15 is 0 Å². The van der Waals surface area contributed by atoms with Crippen molar-refractivity contribution < 1.29 is 31.6 Å². The van der Waals surface area contributed by atoms with Gasteiger partial charge in [0.2, 0.25) is 0 Å². The molecule has 0 radical (unpaired) electrons. The maximum absolute atomic E-state index is 12.4. The van der Waals surface area contributed by atoms with E-state index in [1.165, 1.54) is 12.1 Å². The van der Waals surface area contributed by atoms with Crippen molar-refractivity contribution in [3.63, 3.8) is 0 Å². The Hall–Kier alpha value is -1.68. The third kappa shape index (κ3) is 3.47. The maximum atomic E-state index is 12.4. The molecule has 8 nitrogen and oxygen atoms in total. The van der Waals surface area contributed by atoms with Gasteiger partial charge >= 0.3 is 6.09 Å². The fourth-order valence-electron chi connectivity index (χ4n) is 2.61. The first-order valence-electron chi connectivity index (χ1n) is 7.08. The summed E-state index contributed by atoms with van der Waals surface area (Å²) in [6, 6.07) is 6.20. The molecule has 0 unspecified atom stereocenters. The van der Waals surface area contributed by atoms with Crippen molar-refractivity contribution in [1.29, 1.82) is 0 Å². The Labute approximate surface area is 133 Å². The summed E-state index contributed by atoms with van der Waals surface area (Å²) in [5.41, 5.74) is 5.96. The molecule has 2 heterocycles. The number of hydrogen-bond donors (Lipinski definition) is 1. The Morgan fingerprint density at radius 3 is 2.65 bits per heavy atom. The topological polar surface area (TPSA) is 114 Å². The molecule has 23 heavy (non-hydrogen) atoms. The van der Waals surface area contributed by atoms with E-state index in [0.29, 0.717) is 0 Å². The Balaban J connectivity index is 1.82. The minimum Gasteiger partial charge on any atom is -0.443 e. The molecule has 1 amide bonds. The number of aryl methyl sites for hydroxylation is 1. The van der Waals surface area contributed by atoms with Crippen LogP contribution in [-0.4, -0.2) is 45.7 Å². The minimum atomic E-state index is -4.06. The average molecular weight is 343 g/mol. The van der Waals surface area contributed by atoms with Gasteiger partial charge in [-0.05, 0) is 19.1 Å². The van der Waals surface area contributed by atoms with Crippen LogP contribution >= 0.6 is 0 Å². The standard InChI is InChI=1S/C14H17NO7S/c1-8-2-4-10(5-3-8)23(17,18)22-12-11(21-14(15)16)6-9-7-19-13(12)20-9/h2-5,9,11-13H,6-7H2,1H3,(H2,15,16)/t9-,11+,12-,13+/m0/s1. The number of rotatable bonds is 4. The fourth-order valence-corrected chi connectivity index (χ4v) is 3.70. The lowest BCUT2D eigenvalue weighted by atomic mass is 10.0. The van der Waals surface area contributed by atoms with Gasteiger partial charge in [0.1, 0.15) is 6.10 Å². The molecular formula is C14H17NO7S. The van der Waals surface area contributed by atoms with Gasteiger partial charge in [-0.3, -0.25) is 4.18 Å². The molecule has 126 valence electrons. The van der Waals surface area contributed by atoms with Gasteiger partial charge < -0.3 is 19.9 Å². The van der Waals surface area contributed by atoms with Gasteiger partial charge in [0, 0.05) is 6.42 Å². The molecule has 1 aromatic carbocycles. The van der Waals surface area contributed by atoms with E-state index in [9.17, 15) is 13.2 Å². The third-order valence-electron chi connectivity index (χ3n) is 3.72. The highest BCUT2D eigenvalue weighted by atomic mass is 32.2. The molecule has 0 aromatic heterocycles. The molecular weight excluding hydrogens is 326 g/mol. The van der Waals surface area contributed by atoms with Gasteiger partial charge in [0.25, 0.3) is 10.1 Å². The molecule has 0 aliphatic carbocycles. The highest BCUT2D eigenvalue weighted by Gasteiger charge is 2.49. The zero-order valence-electron chi connectivity index (χ0n) is 12.4. The number of amides is 1. The van der Waals surface area contributed by atoms with Crippen LogP contribution < -0.4 is 5.73 Å². The number of carbonyl (C=O) groups is 1. The van der Waals surface area contributed by atoms with Crippen LogP contribution in [0.2, 0.25) is 0 Å². The first kappa shape index (κ1) is 16.2. The minimum absolute atomic E-state index is 0.000968. The molecule has 9 heteroatoms. The van der Waals surface area contributed by atoms with E-state index < -0.39 is 34.7 Å². The lowest BCUT2D eigenvalue weighted by Gasteiger charge is -2.33. The molecule has 0 spiro atoms. The van der Waals surface area contributed by atoms with E-state index in [0.717, 1.165) is 5.56 Å². The van der Waals surface area contributed by atoms with Gasteiger partial charge in [0.05, 0.1) is 17.6 Å². The summed E-state index contributed by atoms with van der Waals surface area (Å²) in [5.74, 6) is 0. The van der Waals surface area contributed by atoms with Crippen molar-refractivity contribution in [1.82, 2.24) is 0 Å². The van der Waals surface area contributed by atoms with Gasteiger partial charge in [0.15, 0.2) is 12.4 Å². The highest BCUT2D eigenvalue weighted by molar-refractivity contribution is 7.86. The van der Waals surface area contributed by atoms with Crippen molar-refractivity contribution in [2.75, 3.05) is 6.61 Å². The van der Waals surface area contributed by atoms with Crippen LogP contribution in [0, 0.1) is 6.92 Å². The molecule has 2 bridgehead atoms. The Bertz CT molecular complexity index is 688. The Morgan fingerprint density at radius 2 is 2.00 bits per heavy atom. The number of fused-ring (bicyclic) bond motifs is 2. The van der Waals surface area contributed by atoms with E-state index in [2.05, 4.69) is 0 Å². The molecule has 4 atom stereocenters. The van der Waals surface area contributed by atoms with Crippen molar-refractivity contribution in [3.05, 3.63) is 29.8 Å². The van der Waals surface area contributed by atoms with E-state index in [1.807, 2.05) is 6.92 Å². The molecule has 2 saturated heterocycles. The monoisotopic (exact) mass is 343 g/mol. The molecule has 1 aromatic rings. The second-order valence-electron chi connectivity index (χ2n) is 5.50. The number of nitrogens with two attached hydrogens (primary N) is 1. The van der Waals surface area contributed by atoms with Gasteiger partial charge in [-0.15, -0.1) is 0 Å². The summed E-state index contributed by atoms with van der Waals surface area (Å²) < 4.78 is 45.9. The van der Waals surface area contributed by atoms with Crippen molar-refractivity contribution >= 4 is 16.2 Å². The van der Waals surface area contributed by atoms with E-state index in [4.69, 9.17) is 24.1 Å². The summed E-state index contributed by atoms with van der Waals surface area (Å²) in [6.45, 7) is 2.13. The van der Waals surface area contributed by atoms with Crippen LogP contribution in [0.5, 0.6) is 0 Å². The number of carbonyl (C=O) groups excluding carboxylic acids is 1. The van der Waals surface area contributed by atoms with Crippen LogP contribution in [0.1, 0.15) is 12.0 Å². The maximum Gasteiger partial charge on any atom is 0.404 e. The fraction of sp³-hybridized carbons (Fsp3) is 0.500. The second kappa shape index (κ2) is 6.08. The summed E-state index contributed by atoms with van der Waals surface area (Å²) in [7, 11) is -4.06. The van der Waals surface area contributed by atoms with Crippen LogP contribution in [0.3, 0.4) is 0 Å². The summed E-state index contributed by atoms with van der Waals surface area (Å²) >= 11 is 0. The molecule has 0 saturated carbocycles. The van der Waals surface area contributed by atoms with Crippen molar-refractivity contribution in [2.45, 2.75) is 42.8 Å². The predicted molar refractivity (Wildman–Crippen MR) is 76.9 cm³/mol. The van der Waals surface area contributed by atoms with Crippen molar-refractivity contribution in [3.8, 4) is 0 Å². The van der Waals surface area contributed by atoms with Gasteiger partial charge in [-0.1, -0.05) is 17.7 Å². The summed E-state index contributed by atoms with van der Waals surface area (Å²) in [5, 5.41) is 0. The number of benzene rings is 1. The van der Waals surface area contributed by atoms with Crippen LogP contribution in [-0.2, 0) is 28.5 Å². The summed E-state index contributed by atoms with van der Waals surface area (Å²) in [4.78, 5) is 11.0. The largest absolute Gasteiger partial charge is 0.443 e. The SMILES string of the molecule is Cc1ccc(S(=O)(=O)O[C@@H]2[C@@H]3OC[C@H](C[C@H]2OC(N)=O)O3)cc1. The lowest BCUT2D eigenvalue weighted by molar-refractivity contribution is -0.181. The molecule has 2 fully saturated rings. The van der Waals surface area contributed by atoms with E-state index in [-0.39, 0.29) is 24.0 Å². The molecule has 2 aliphatic rings.